The molecule has 0 aromatic heterocycles. The lowest BCUT2D eigenvalue weighted by molar-refractivity contribution is 0.507. The molecule has 19 heavy (non-hydrogen) atoms. The van der Waals surface area contributed by atoms with Crippen LogP contribution in [0.15, 0.2) is 34.8 Å². The Bertz CT molecular complexity index is 616. The van der Waals surface area contributed by atoms with Gasteiger partial charge in [-0.1, -0.05) is 6.07 Å². The van der Waals surface area contributed by atoms with Crippen LogP contribution in [0.4, 0.5) is 23.2 Å². The number of anilines is 1. The number of hydrogen-bond donors (Lipinski definition) is 1. The van der Waals surface area contributed by atoms with E-state index in [-0.39, 0.29) is 16.7 Å². The molecule has 0 heterocycles. The molecular weight excluding hydrogens is 326 g/mol. The van der Waals surface area contributed by atoms with Gasteiger partial charge in [-0.15, -0.1) is 0 Å². The van der Waals surface area contributed by atoms with Gasteiger partial charge in [-0.05, 0) is 39.7 Å². The second-order valence-corrected chi connectivity index (χ2v) is 4.70. The molecule has 0 unspecified atom stereocenters. The molecule has 0 atom stereocenters. The van der Waals surface area contributed by atoms with Gasteiger partial charge in [-0.2, -0.15) is 0 Å². The van der Waals surface area contributed by atoms with Gasteiger partial charge in [0, 0.05) is 12.6 Å². The molecule has 1 nitrogen and oxygen atoms in total. The fourth-order valence-corrected chi connectivity index (χ4v) is 1.82. The van der Waals surface area contributed by atoms with E-state index in [1.165, 1.54) is 6.07 Å². The van der Waals surface area contributed by atoms with Crippen LogP contribution in [0.1, 0.15) is 5.56 Å². The third kappa shape index (κ3) is 3.26. The van der Waals surface area contributed by atoms with Gasteiger partial charge in [0.2, 0.25) is 0 Å². The second-order valence-electron chi connectivity index (χ2n) is 3.85. The fraction of sp³-hybridized carbons (Fsp3) is 0.0769. The summed E-state index contributed by atoms with van der Waals surface area (Å²) >= 11 is 2.86. The highest BCUT2D eigenvalue weighted by atomic mass is 79.9. The number of rotatable bonds is 3. The molecule has 1 N–H and O–H groups in total. The maximum Gasteiger partial charge on any atom is 0.159 e. The molecule has 0 aliphatic heterocycles. The lowest BCUT2D eigenvalue weighted by atomic mass is 10.2. The van der Waals surface area contributed by atoms with E-state index in [1.807, 2.05) is 0 Å². The summed E-state index contributed by atoms with van der Waals surface area (Å²) in [4.78, 5) is 0. The van der Waals surface area contributed by atoms with E-state index in [9.17, 15) is 17.6 Å². The summed E-state index contributed by atoms with van der Waals surface area (Å²) in [6.45, 7) is 0.0508. The standard InChI is InChI=1S/C13H8BrF4N/c14-8-4-12(18)13(5-10(8)16)19-6-7-1-2-9(15)11(17)3-7/h1-5,19H,6H2. The van der Waals surface area contributed by atoms with Crippen molar-refractivity contribution in [2.24, 2.45) is 0 Å². The average Bonchev–Trinajstić information content (AvgIpc) is 2.36. The van der Waals surface area contributed by atoms with Gasteiger partial charge in [0.1, 0.15) is 11.6 Å². The van der Waals surface area contributed by atoms with Crippen molar-refractivity contribution in [2.75, 3.05) is 5.32 Å². The van der Waals surface area contributed by atoms with Gasteiger partial charge in [0.15, 0.2) is 11.6 Å². The summed E-state index contributed by atoms with van der Waals surface area (Å²) in [6.07, 6.45) is 0. The van der Waals surface area contributed by atoms with E-state index >= 15 is 0 Å². The van der Waals surface area contributed by atoms with Crippen LogP contribution in [-0.2, 0) is 6.54 Å². The molecule has 0 aliphatic carbocycles. The van der Waals surface area contributed by atoms with Crippen LogP contribution in [0.5, 0.6) is 0 Å². The van der Waals surface area contributed by atoms with Gasteiger partial charge >= 0.3 is 0 Å². The van der Waals surface area contributed by atoms with Crippen molar-refractivity contribution in [3.8, 4) is 0 Å². The minimum atomic E-state index is -0.984. The first kappa shape index (κ1) is 13.9. The second kappa shape index (κ2) is 5.61. The third-order valence-corrected chi connectivity index (χ3v) is 3.08. The molecule has 0 spiro atoms. The van der Waals surface area contributed by atoms with Crippen LogP contribution >= 0.6 is 15.9 Å². The van der Waals surface area contributed by atoms with Crippen LogP contribution in [-0.4, -0.2) is 0 Å². The Kier molecular flexibility index (Phi) is 4.09. The molecule has 0 saturated carbocycles. The highest BCUT2D eigenvalue weighted by Crippen LogP contribution is 2.23. The Hall–Kier alpha value is -1.56. The van der Waals surface area contributed by atoms with Crippen LogP contribution in [0.3, 0.4) is 0 Å². The zero-order chi connectivity index (χ0) is 14.0. The lowest BCUT2D eigenvalue weighted by Crippen LogP contribution is -2.03. The maximum absolute atomic E-state index is 13.5. The summed E-state index contributed by atoms with van der Waals surface area (Å²) in [7, 11) is 0. The summed E-state index contributed by atoms with van der Waals surface area (Å²) in [5.41, 5.74) is 0.368. The van der Waals surface area contributed by atoms with E-state index in [1.54, 1.807) is 0 Å². The molecule has 0 bridgehead atoms. The normalized spacial score (nSPS) is 10.6. The topological polar surface area (TPSA) is 12.0 Å². The van der Waals surface area contributed by atoms with Crippen molar-refractivity contribution in [1.29, 1.82) is 0 Å². The predicted molar refractivity (Wildman–Crippen MR) is 67.7 cm³/mol. The van der Waals surface area contributed by atoms with Crippen molar-refractivity contribution in [3.05, 3.63) is 63.6 Å². The molecule has 2 aromatic rings. The molecular formula is C13H8BrF4N. The number of hydrogen-bond acceptors (Lipinski definition) is 1. The Morgan fingerprint density at radius 1 is 0.842 bits per heavy atom. The van der Waals surface area contributed by atoms with Gasteiger partial charge in [-0.25, -0.2) is 17.6 Å². The van der Waals surface area contributed by atoms with Crippen molar-refractivity contribution in [3.63, 3.8) is 0 Å². The van der Waals surface area contributed by atoms with Crippen LogP contribution in [0.25, 0.3) is 0 Å². The maximum atomic E-state index is 13.5. The Morgan fingerprint density at radius 2 is 1.58 bits per heavy atom. The molecule has 6 heteroatoms. The zero-order valence-electron chi connectivity index (χ0n) is 9.48. The smallest absolute Gasteiger partial charge is 0.159 e. The molecule has 0 saturated heterocycles. The Morgan fingerprint density at radius 3 is 2.26 bits per heavy atom. The first-order valence-electron chi connectivity index (χ1n) is 5.29. The van der Waals surface area contributed by atoms with E-state index in [4.69, 9.17) is 0 Å². The summed E-state index contributed by atoms with van der Waals surface area (Å²) in [5, 5.41) is 2.62. The number of benzene rings is 2. The summed E-state index contributed by atoms with van der Waals surface area (Å²) < 4.78 is 52.4. The Labute approximate surface area is 115 Å². The summed E-state index contributed by atoms with van der Waals surface area (Å²) in [5.74, 6) is -3.20. The van der Waals surface area contributed by atoms with Gasteiger partial charge in [0.25, 0.3) is 0 Å². The predicted octanol–water partition coefficient (Wildman–Crippen LogP) is 4.62. The average molecular weight is 334 g/mol. The number of nitrogens with one attached hydrogen (secondary N) is 1. The van der Waals surface area contributed by atoms with Gasteiger partial charge in [-0.3, -0.25) is 0 Å². The fourth-order valence-electron chi connectivity index (χ4n) is 1.50. The first-order chi connectivity index (χ1) is 8.97. The van der Waals surface area contributed by atoms with Crippen molar-refractivity contribution >= 4 is 21.6 Å². The van der Waals surface area contributed by atoms with Gasteiger partial charge < -0.3 is 5.32 Å². The zero-order valence-corrected chi connectivity index (χ0v) is 11.1. The Balaban J connectivity index is 2.14. The van der Waals surface area contributed by atoms with Crippen LogP contribution < -0.4 is 5.32 Å². The highest BCUT2D eigenvalue weighted by Gasteiger charge is 2.08. The van der Waals surface area contributed by atoms with E-state index in [2.05, 4.69) is 21.2 Å². The monoisotopic (exact) mass is 333 g/mol. The molecule has 0 aliphatic rings. The molecule has 100 valence electrons. The highest BCUT2D eigenvalue weighted by molar-refractivity contribution is 9.10. The quantitative estimate of drug-likeness (QED) is 0.638. The third-order valence-electron chi connectivity index (χ3n) is 2.48. The minimum absolute atomic E-state index is 0.0170. The van der Waals surface area contributed by atoms with Gasteiger partial charge in [0.05, 0.1) is 10.2 Å². The molecule has 0 amide bonds. The molecule has 2 rings (SSSR count). The van der Waals surface area contributed by atoms with E-state index in [0.29, 0.717) is 5.56 Å². The number of halogens is 5. The first-order valence-corrected chi connectivity index (χ1v) is 6.09. The van der Waals surface area contributed by atoms with Crippen molar-refractivity contribution in [1.82, 2.24) is 0 Å². The van der Waals surface area contributed by atoms with Crippen molar-refractivity contribution < 1.29 is 17.6 Å². The molecule has 0 radical (unpaired) electrons. The molecule has 2 aromatic carbocycles. The van der Waals surface area contributed by atoms with Crippen LogP contribution in [0.2, 0.25) is 0 Å². The van der Waals surface area contributed by atoms with E-state index < -0.39 is 23.3 Å². The van der Waals surface area contributed by atoms with E-state index in [0.717, 1.165) is 24.3 Å². The SMILES string of the molecule is Fc1ccc(CNc2cc(F)c(Br)cc2F)cc1F. The summed E-state index contributed by atoms with van der Waals surface area (Å²) in [6, 6.07) is 5.31. The molecule has 0 fully saturated rings. The van der Waals surface area contributed by atoms with Crippen LogP contribution in [0, 0.1) is 23.3 Å². The lowest BCUT2D eigenvalue weighted by Gasteiger charge is -2.09. The van der Waals surface area contributed by atoms with Crippen molar-refractivity contribution in [2.45, 2.75) is 6.54 Å². The minimum Gasteiger partial charge on any atom is -0.379 e. The largest absolute Gasteiger partial charge is 0.379 e.